The smallest absolute Gasteiger partial charge is 0.129 e. The zero-order valence-corrected chi connectivity index (χ0v) is 6.56. The highest BCUT2D eigenvalue weighted by atomic mass is 16.5. The minimum Gasteiger partial charge on any atom is -0.496 e. The second-order valence-corrected chi connectivity index (χ2v) is 2.32. The van der Waals surface area contributed by atoms with Crippen molar-refractivity contribution in [3.8, 4) is 5.75 Å². The monoisotopic (exact) mass is 135 g/mol. The molecular weight excluding hydrogens is 124 g/mol. The molecule has 1 radical (unpaired) electrons. The molecule has 1 aromatic rings. The first-order chi connectivity index (χ1) is 4.75. The Hall–Kier alpha value is -0.980. The summed E-state index contributed by atoms with van der Waals surface area (Å²) in [5, 5.41) is 0. The summed E-state index contributed by atoms with van der Waals surface area (Å²) in [7, 11) is 1.66. The number of rotatable bonds is 1. The van der Waals surface area contributed by atoms with E-state index in [1.54, 1.807) is 7.11 Å². The Kier molecular flexibility index (Phi) is 1.95. The number of aryl methyl sites for hydroxylation is 1. The molecule has 0 spiro atoms. The Bertz CT molecular complexity index is 228. The maximum absolute atomic E-state index is 5.07. The van der Waals surface area contributed by atoms with Crippen molar-refractivity contribution in [2.24, 2.45) is 0 Å². The van der Waals surface area contributed by atoms with Crippen LogP contribution < -0.4 is 4.74 Å². The fourth-order valence-electron chi connectivity index (χ4n) is 0.867. The predicted octanol–water partition coefficient (Wildman–Crippen LogP) is 2.11. The van der Waals surface area contributed by atoms with E-state index in [1.807, 2.05) is 19.1 Å². The highest BCUT2D eigenvalue weighted by Crippen LogP contribution is 2.18. The molecule has 0 aliphatic heterocycles. The van der Waals surface area contributed by atoms with Gasteiger partial charge in [0.25, 0.3) is 0 Å². The lowest BCUT2D eigenvalue weighted by Gasteiger charge is -2.04. The largest absolute Gasteiger partial charge is 0.496 e. The summed E-state index contributed by atoms with van der Waals surface area (Å²) < 4.78 is 5.07. The Morgan fingerprint density at radius 1 is 1.40 bits per heavy atom. The normalized spacial score (nSPS) is 9.50. The van der Waals surface area contributed by atoms with Gasteiger partial charge in [-0.05, 0) is 25.0 Å². The second kappa shape index (κ2) is 2.74. The standard InChI is InChI=1S/C9H11O/c1-7-5-4-6-9(10-3)8(7)2/h4-5H,1-3H3. The summed E-state index contributed by atoms with van der Waals surface area (Å²) in [6.45, 7) is 4.09. The van der Waals surface area contributed by atoms with E-state index < -0.39 is 0 Å². The third-order valence-electron chi connectivity index (χ3n) is 1.68. The molecule has 0 saturated heterocycles. The summed E-state index contributed by atoms with van der Waals surface area (Å²) in [5.74, 6) is 0.847. The van der Waals surface area contributed by atoms with Crippen molar-refractivity contribution >= 4 is 0 Å². The first kappa shape index (κ1) is 7.13. The molecule has 0 unspecified atom stereocenters. The van der Waals surface area contributed by atoms with Crippen LogP contribution in [0.3, 0.4) is 0 Å². The minimum atomic E-state index is 0.847. The van der Waals surface area contributed by atoms with Crippen molar-refractivity contribution < 1.29 is 4.74 Å². The van der Waals surface area contributed by atoms with Gasteiger partial charge in [-0.15, -0.1) is 0 Å². The highest BCUT2D eigenvalue weighted by Gasteiger charge is 1.97. The average Bonchev–Trinajstić information content (AvgIpc) is 1.95. The van der Waals surface area contributed by atoms with Gasteiger partial charge in [0.15, 0.2) is 0 Å². The summed E-state index contributed by atoms with van der Waals surface area (Å²) in [6, 6.07) is 6.91. The van der Waals surface area contributed by atoms with Crippen LogP contribution in [0.15, 0.2) is 12.1 Å². The lowest BCUT2D eigenvalue weighted by molar-refractivity contribution is 0.410. The third-order valence-corrected chi connectivity index (χ3v) is 1.68. The summed E-state index contributed by atoms with van der Waals surface area (Å²) in [5.41, 5.74) is 2.42. The first-order valence-electron chi connectivity index (χ1n) is 3.27. The zero-order valence-electron chi connectivity index (χ0n) is 6.56. The Morgan fingerprint density at radius 3 is 2.60 bits per heavy atom. The Labute approximate surface area is 61.6 Å². The maximum Gasteiger partial charge on any atom is 0.129 e. The lowest BCUT2D eigenvalue weighted by atomic mass is 10.1. The Morgan fingerprint density at radius 2 is 2.10 bits per heavy atom. The molecule has 53 valence electrons. The van der Waals surface area contributed by atoms with Crippen LogP contribution in [-0.2, 0) is 0 Å². The fraction of sp³-hybridized carbons (Fsp3) is 0.333. The number of hydrogen-bond acceptors (Lipinski definition) is 1. The summed E-state index contributed by atoms with van der Waals surface area (Å²) in [6.07, 6.45) is 0. The van der Waals surface area contributed by atoms with Crippen LogP contribution in [0.1, 0.15) is 11.1 Å². The molecule has 0 fully saturated rings. The van der Waals surface area contributed by atoms with E-state index in [2.05, 4.69) is 13.0 Å². The van der Waals surface area contributed by atoms with Gasteiger partial charge in [0.05, 0.1) is 7.11 Å². The van der Waals surface area contributed by atoms with Gasteiger partial charge in [-0.25, -0.2) is 0 Å². The summed E-state index contributed by atoms with van der Waals surface area (Å²) in [4.78, 5) is 0. The van der Waals surface area contributed by atoms with Crippen LogP contribution >= 0.6 is 0 Å². The molecule has 0 bridgehead atoms. The van der Waals surface area contributed by atoms with Gasteiger partial charge in [0.1, 0.15) is 5.75 Å². The molecule has 1 heteroatoms. The number of hydrogen-bond donors (Lipinski definition) is 0. The predicted molar refractivity (Wildman–Crippen MR) is 41.3 cm³/mol. The van der Waals surface area contributed by atoms with Gasteiger partial charge >= 0.3 is 0 Å². The molecule has 1 rings (SSSR count). The second-order valence-electron chi connectivity index (χ2n) is 2.32. The molecule has 0 N–H and O–H groups in total. The molecule has 0 heterocycles. The van der Waals surface area contributed by atoms with Gasteiger partial charge in [0, 0.05) is 6.07 Å². The van der Waals surface area contributed by atoms with Crippen LogP contribution in [0.2, 0.25) is 0 Å². The van der Waals surface area contributed by atoms with Crippen LogP contribution in [0.25, 0.3) is 0 Å². The number of ether oxygens (including phenoxy) is 1. The molecule has 0 aliphatic carbocycles. The molecule has 0 atom stereocenters. The van der Waals surface area contributed by atoms with Crippen molar-refractivity contribution in [2.75, 3.05) is 7.11 Å². The SMILES string of the molecule is COc1[c]ccc(C)c1C. The van der Waals surface area contributed by atoms with Crippen molar-refractivity contribution in [1.82, 2.24) is 0 Å². The molecule has 0 aliphatic rings. The van der Waals surface area contributed by atoms with E-state index in [-0.39, 0.29) is 0 Å². The molecule has 0 aromatic heterocycles. The van der Waals surface area contributed by atoms with Crippen LogP contribution in [-0.4, -0.2) is 7.11 Å². The van der Waals surface area contributed by atoms with E-state index in [0.29, 0.717) is 0 Å². The summed E-state index contributed by atoms with van der Waals surface area (Å²) >= 11 is 0. The molecular formula is C9H11O. The van der Waals surface area contributed by atoms with Crippen LogP contribution in [0.4, 0.5) is 0 Å². The van der Waals surface area contributed by atoms with Crippen molar-refractivity contribution in [1.29, 1.82) is 0 Å². The van der Waals surface area contributed by atoms with Gasteiger partial charge in [-0.2, -0.15) is 0 Å². The van der Waals surface area contributed by atoms with Gasteiger partial charge in [-0.3, -0.25) is 0 Å². The van der Waals surface area contributed by atoms with E-state index in [0.717, 1.165) is 5.75 Å². The third kappa shape index (κ3) is 1.13. The molecule has 1 nitrogen and oxygen atoms in total. The molecule has 0 saturated carbocycles. The van der Waals surface area contributed by atoms with Crippen LogP contribution in [0, 0.1) is 19.9 Å². The topological polar surface area (TPSA) is 9.23 Å². The highest BCUT2D eigenvalue weighted by molar-refractivity contribution is 5.36. The fourth-order valence-corrected chi connectivity index (χ4v) is 0.867. The van der Waals surface area contributed by atoms with E-state index >= 15 is 0 Å². The van der Waals surface area contributed by atoms with E-state index in [9.17, 15) is 0 Å². The van der Waals surface area contributed by atoms with Gasteiger partial charge < -0.3 is 4.74 Å². The Balaban J connectivity index is 3.14. The number of methoxy groups -OCH3 is 1. The quantitative estimate of drug-likeness (QED) is 0.573. The van der Waals surface area contributed by atoms with Gasteiger partial charge in [0.2, 0.25) is 0 Å². The van der Waals surface area contributed by atoms with Gasteiger partial charge in [-0.1, -0.05) is 12.1 Å². The van der Waals surface area contributed by atoms with E-state index in [1.165, 1.54) is 11.1 Å². The molecule has 10 heavy (non-hydrogen) atoms. The molecule has 0 amide bonds. The number of benzene rings is 1. The molecule has 1 aromatic carbocycles. The first-order valence-corrected chi connectivity index (χ1v) is 3.27. The lowest BCUT2D eigenvalue weighted by Crippen LogP contribution is -1.88. The zero-order chi connectivity index (χ0) is 7.56. The van der Waals surface area contributed by atoms with Crippen LogP contribution in [0.5, 0.6) is 5.75 Å². The van der Waals surface area contributed by atoms with Crippen molar-refractivity contribution in [3.63, 3.8) is 0 Å². The van der Waals surface area contributed by atoms with E-state index in [4.69, 9.17) is 4.74 Å². The maximum atomic E-state index is 5.07. The van der Waals surface area contributed by atoms with Crippen molar-refractivity contribution in [2.45, 2.75) is 13.8 Å². The minimum absolute atomic E-state index is 0.847. The van der Waals surface area contributed by atoms with Crippen molar-refractivity contribution in [3.05, 3.63) is 29.3 Å². The average molecular weight is 135 g/mol.